The van der Waals surface area contributed by atoms with Crippen molar-refractivity contribution >= 4 is 17.9 Å². The third-order valence-corrected chi connectivity index (χ3v) is 13.6. The van der Waals surface area contributed by atoms with Gasteiger partial charge in [-0.05, 0) is 96.3 Å². The van der Waals surface area contributed by atoms with Crippen molar-refractivity contribution in [2.24, 2.45) is 0 Å². The molecule has 1 atom stereocenters. The number of ether oxygens (including phenoxy) is 3. The highest BCUT2D eigenvalue weighted by Crippen LogP contribution is 2.17. The molecular formula is C68H118O6. The first-order chi connectivity index (χ1) is 36.5. The van der Waals surface area contributed by atoms with E-state index in [2.05, 4.69) is 106 Å². The number of hydrogen-bond acceptors (Lipinski definition) is 6. The van der Waals surface area contributed by atoms with E-state index in [1.807, 2.05) is 0 Å². The Hall–Kier alpha value is -3.41. The predicted octanol–water partition coefficient (Wildman–Crippen LogP) is 21.5. The van der Waals surface area contributed by atoms with E-state index in [0.29, 0.717) is 19.3 Å². The highest BCUT2D eigenvalue weighted by Gasteiger charge is 2.19. The Labute approximate surface area is 458 Å². The Bertz CT molecular complexity index is 1420. The van der Waals surface area contributed by atoms with Gasteiger partial charge in [-0.3, -0.25) is 14.4 Å². The van der Waals surface area contributed by atoms with E-state index in [1.165, 1.54) is 148 Å². The van der Waals surface area contributed by atoms with Gasteiger partial charge in [0.1, 0.15) is 13.2 Å². The number of rotatable bonds is 57. The second-order valence-electron chi connectivity index (χ2n) is 20.9. The van der Waals surface area contributed by atoms with E-state index in [0.717, 1.165) is 122 Å². The Morgan fingerprint density at radius 3 is 0.851 bits per heavy atom. The van der Waals surface area contributed by atoms with Crippen molar-refractivity contribution in [3.63, 3.8) is 0 Å². The third-order valence-electron chi connectivity index (χ3n) is 13.6. The standard InChI is InChI=1S/C68H118O6/c1-4-7-10-13-16-19-22-25-28-31-33-34-35-38-40-43-46-49-52-55-58-61-67(70)73-64-65(63-72-66(69)60-57-54-51-48-45-42-39-36-30-27-24-21-18-15-12-9-6-3)74-68(71)62-59-56-53-50-47-44-41-37-32-29-26-23-20-17-14-11-8-5-2/h7,10,16,18-19,21,25,27-28,30,33-34,38,40,65H,4-6,8-9,11-15,17,20,22-24,26,29,31-32,35-37,39,41-64H2,1-3H3/b10-7-,19-16-,21-18-,28-25-,30-27-,34-33-,40-38-. The summed E-state index contributed by atoms with van der Waals surface area (Å²) in [5.74, 6) is -0.897. The molecule has 0 aliphatic rings. The molecule has 0 amide bonds. The molecule has 0 saturated carbocycles. The Morgan fingerprint density at radius 2 is 0.527 bits per heavy atom. The van der Waals surface area contributed by atoms with Gasteiger partial charge in [-0.1, -0.05) is 279 Å². The van der Waals surface area contributed by atoms with Crippen LogP contribution in [-0.2, 0) is 28.6 Å². The fraction of sp³-hybridized carbons (Fsp3) is 0.750. The van der Waals surface area contributed by atoms with Crippen LogP contribution in [0.4, 0.5) is 0 Å². The van der Waals surface area contributed by atoms with Crippen molar-refractivity contribution in [3.8, 4) is 0 Å². The van der Waals surface area contributed by atoms with Gasteiger partial charge in [-0.25, -0.2) is 0 Å². The minimum atomic E-state index is -0.788. The van der Waals surface area contributed by atoms with Crippen LogP contribution in [0.25, 0.3) is 0 Å². The van der Waals surface area contributed by atoms with Crippen molar-refractivity contribution in [1.82, 2.24) is 0 Å². The molecule has 6 heteroatoms. The number of carbonyl (C=O) groups excluding carboxylic acids is 3. The lowest BCUT2D eigenvalue weighted by Crippen LogP contribution is -2.30. The minimum absolute atomic E-state index is 0.0848. The van der Waals surface area contributed by atoms with Gasteiger partial charge >= 0.3 is 17.9 Å². The van der Waals surface area contributed by atoms with Crippen LogP contribution >= 0.6 is 0 Å². The van der Waals surface area contributed by atoms with Gasteiger partial charge < -0.3 is 14.2 Å². The molecule has 0 radical (unpaired) electrons. The fourth-order valence-electron chi connectivity index (χ4n) is 8.91. The summed E-state index contributed by atoms with van der Waals surface area (Å²) in [6, 6.07) is 0. The maximum absolute atomic E-state index is 12.9. The van der Waals surface area contributed by atoms with Gasteiger partial charge in [0.05, 0.1) is 0 Å². The molecule has 0 rings (SSSR count). The van der Waals surface area contributed by atoms with E-state index in [9.17, 15) is 14.4 Å². The number of hydrogen-bond donors (Lipinski definition) is 0. The molecule has 74 heavy (non-hydrogen) atoms. The first-order valence-electron chi connectivity index (χ1n) is 31.6. The molecule has 426 valence electrons. The van der Waals surface area contributed by atoms with Crippen molar-refractivity contribution < 1.29 is 28.6 Å². The molecular weight excluding hydrogens is 913 g/mol. The molecule has 1 unspecified atom stereocenters. The normalized spacial score (nSPS) is 12.6. The Morgan fingerprint density at radius 1 is 0.284 bits per heavy atom. The quantitative estimate of drug-likeness (QED) is 0.0261. The maximum atomic E-state index is 12.9. The minimum Gasteiger partial charge on any atom is -0.462 e. The Balaban J connectivity index is 4.41. The molecule has 0 fully saturated rings. The molecule has 0 aromatic heterocycles. The lowest BCUT2D eigenvalue weighted by molar-refractivity contribution is -0.167. The number of carbonyl (C=O) groups is 3. The summed E-state index contributed by atoms with van der Waals surface area (Å²) in [5, 5.41) is 0. The van der Waals surface area contributed by atoms with E-state index >= 15 is 0 Å². The molecule has 0 N–H and O–H groups in total. The van der Waals surface area contributed by atoms with Crippen LogP contribution in [0.3, 0.4) is 0 Å². The van der Waals surface area contributed by atoms with Gasteiger partial charge in [0, 0.05) is 19.3 Å². The lowest BCUT2D eigenvalue weighted by Gasteiger charge is -2.18. The van der Waals surface area contributed by atoms with E-state index in [4.69, 9.17) is 14.2 Å². The second kappa shape index (κ2) is 62.1. The first kappa shape index (κ1) is 70.6. The van der Waals surface area contributed by atoms with E-state index < -0.39 is 6.10 Å². The molecule has 0 aromatic carbocycles. The molecule has 0 aliphatic heterocycles. The Kier molecular flexibility index (Phi) is 59.3. The summed E-state index contributed by atoms with van der Waals surface area (Å²) in [4.78, 5) is 38.3. The largest absolute Gasteiger partial charge is 0.462 e. The zero-order chi connectivity index (χ0) is 53.6. The highest BCUT2D eigenvalue weighted by molar-refractivity contribution is 5.71. The second-order valence-corrected chi connectivity index (χ2v) is 20.9. The summed E-state index contributed by atoms with van der Waals surface area (Å²) in [6.07, 6.45) is 81.5. The van der Waals surface area contributed by atoms with E-state index in [-0.39, 0.29) is 31.1 Å². The SMILES string of the molecule is CC/C=C\C/C=C\C/C=C\C/C=C\C/C=C\CCCCCCCC(=O)OCC(COC(=O)CCCCCCCCC/C=C\C/C=C\CCCCC)OC(=O)CCCCCCCCCCCCCCCCCCCC. The van der Waals surface area contributed by atoms with Crippen LogP contribution in [0, 0.1) is 0 Å². The van der Waals surface area contributed by atoms with Crippen molar-refractivity contribution in [3.05, 3.63) is 85.1 Å². The number of allylic oxidation sites excluding steroid dienone is 14. The summed E-state index contributed by atoms with van der Waals surface area (Å²) < 4.78 is 16.9. The highest BCUT2D eigenvalue weighted by atomic mass is 16.6. The smallest absolute Gasteiger partial charge is 0.306 e. The molecule has 0 bridgehead atoms. The van der Waals surface area contributed by atoms with Gasteiger partial charge in [0.25, 0.3) is 0 Å². The van der Waals surface area contributed by atoms with Gasteiger partial charge in [0.15, 0.2) is 6.10 Å². The predicted molar refractivity (Wildman–Crippen MR) is 321 cm³/mol. The number of unbranched alkanes of at least 4 members (excludes halogenated alkanes) is 32. The van der Waals surface area contributed by atoms with Crippen LogP contribution in [0.1, 0.15) is 310 Å². The topological polar surface area (TPSA) is 78.9 Å². The maximum Gasteiger partial charge on any atom is 0.306 e. The summed E-state index contributed by atoms with van der Waals surface area (Å²) in [5.41, 5.74) is 0. The van der Waals surface area contributed by atoms with Crippen molar-refractivity contribution in [2.45, 2.75) is 316 Å². The zero-order valence-corrected chi connectivity index (χ0v) is 48.8. The summed E-state index contributed by atoms with van der Waals surface area (Å²) in [6.45, 7) is 6.52. The van der Waals surface area contributed by atoms with Gasteiger partial charge in [0.2, 0.25) is 0 Å². The third kappa shape index (κ3) is 59.5. The zero-order valence-electron chi connectivity index (χ0n) is 48.8. The average molecular weight is 1030 g/mol. The summed E-state index contributed by atoms with van der Waals surface area (Å²) >= 11 is 0. The monoisotopic (exact) mass is 1030 g/mol. The van der Waals surface area contributed by atoms with Crippen LogP contribution in [0.5, 0.6) is 0 Å². The average Bonchev–Trinajstić information content (AvgIpc) is 3.40. The molecule has 6 nitrogen and oxygen atoms in total. The lowest BCUT2D eigenvalue weighted by atomic mass is 10.0. The van der Waals surface area contributed by atoms with Gasteiger partial charge in [-0.15, -0.1) is 0 Å². The molecule has 0 saturated heterocycles. The first-order valence-corrected chi connectivity index (χ1v) is 31.6. The fourth-order valence-corrected chi connectivity index (χ4v) is 8.91. The van der Waals surface area contributed by atoms with Crippen LogP contribution in [0.2, 0.25) is 0 Å². The van der Waals surface area contributed by atoms with E-state index in [1.54, 1.807) is 0 Å². The van der Waals surface area contributed by atoms with Crippen molar-refractivity contribution in [1.29, 1.82) is 0 Å². The molecule has 0 heterocycles. The van der Waals surface area contributed by atoms with Gasteiger partial charge in [-0.2, -0.15) is 0 Å². The number of esters is 3. The van der Waals surface area contributed by atoms with Crippen molar-refractivity contribution in [2.75, 3.05) is 13.2 Å². The molecule has 0 aromatic rings. The summed E-state index contributed by atoms with van der Waals surface area (Å²) in [7, 11) is 0. The molecule has 0 aliphatic carbocycles. The molecule has 0 spiro atoms. The van der Waals surface area contributed by atoms with Crippen LogP contribution < -0.4 is 0 Å². The van der Waals surface area contributed by atoms with Crippen LogP contribution in [-0.4, -0.2) is 37.2 Å². The van der Waals surface area contributed by atoms with Crippen LogP contribution in [0.15, 0.2) is 85.1 Å².